The zero-order chi connectivity index (χ0) is 15.2. The molecule has 4 nitrogen and oxygen atoms in total. The first-order valence-electron chi connectivity index (χ1n) is 7.20. The Morgan fingerprint density at radius 2 is 1.70 bits per heavy atom. The van der Waals surface area contributed by atoms with Crippen LogP contribution in [0.25, 0.3) is 0 Å². The Morgan fingerprint density at radius 3 is 2.15 bits per heavy atom. The predicted molar refractivity (Wildman–Crippen MR) is 83.6 cm³/mol. The van der Waals surface area contributed by atoms with Crippen molar-refractivity contribution in [3.63, 3.8) is 0 Å². The summed E-state index contributed by atoms with van der Waals surface area (Å²) in [6.45, 7) is 9.19. The molecule has 0 aliphatic carbocycles. The molecule has 0 bridgehead atoms. The fourth-order valence-electron chi connectivity index (χ4n) is 2.73. The topological polar surface area (TPSA) is 47.7 Å². The molecule has 0 amide bonds. The van der Waals surface area contributed by atoms with Crippen molar-refractivity contribution in [3.8, 4) is 11.5 Å². The molecule has 0 aliphatic heterocycles. The number of rotatable bonds is 8. The molecule has 1 atom stereocenters. The molecule has 0 aromatic heterocycles. The van der Waals surface area contributed by atoms with Crippen LogP contribution in [0.1, 0.15) is 26.3 Å². The molecule has 0 saturated heterocycles. The van der Waals surface area contributed by atoms with Gasteiger partial charge in [-0.2, -0.15) is 0 Å². The average molecular weight is 280 g/mol. The normalized spacial score (nSPS) is 14.2. The van der Waals surface area contributed by atoms with Gasteiger partial charge in [0.15, 0.2) is 11.5 Å². The monoisotopic (exact) mass is 280 g/mol. The van der Waals surface area contributed by atoms with Crippen molar-refractivity contribution in [2.75, 3.05) is 33.9 Å². The molecule has 0 aliphatic rings. The molecule has 1 aromatic carbocycles. The molecule has 1 unspecified atom stereocenters. The minimum atomic E-state index is -0.0386. The number of methoxy groups -OCH3 is 2. The van der Waals surface area contributed by atoms with E-state index >= 15 is 0 Å². The van der Waals surface area contributed by atoms with E-state index in [1.54, 1.807) is 14.2 Å². The van der Waals surface area contributed by atoms with Crippen LogP contribution >= 0.6 is 0 Å². The highest BCUT2D eigenvalue weighted by molar-refractivity contribution is 5.43. The van der Waals surface area contributed by atoms with E-state index in [9.17, 15) is 0 Å². The lowest BCUT2D eigenvalue weighted by atomic mass is 9.90. The predicted octanol–water partition coefficient (Wildman–Crippen LogP) is 2.31. The first-order valence-corrected chi connectivity index (χ1v) is 7.20. The summed E-state index contributed by atoms with van der Waals surface area (Å²) < 4.78 is 10.6. The smallest absolute Gasteiger partial charge is 0.160 e. The van der Waals surface area contributed by atoms with Gasteiger partial charge in [0.1, 0.15) is 0 Å². The molecule has 0 spiro atoms. The second kappa shape index (κ2) is 7.50. The second-order valence-corrected chi connectivity index (χ2v) is 5.24. The quantitative estimate of drug-likeness (QED) is 0.794. The third kappa shape index (κ3) is 3.64. The molecule has 1 aromatic rings. The zero-order valence-corrected chi connectivity index (χ0v) is 13.4. The number of ether oxygens (including phenoxy) is 2. The zero-order valence-electron chi connectivity index (χ0n) is 13.4. The third-order valence-electron chi connectivity index (χ3n) is 4.00. The molecule has 4 heteroatoms. The molecule has 0 saturated carbocycles. The molecule has 0 fully saturated rings. The molecule has 2 N–H and O–H groups in total. The largest absolute Gasteiger partial charge is 0.493 e. The summed E-state index contributed by atoms with van der Waals surface area (Å²) in [4.78, 5) is 2.41. The van der Waals surface area contributed by atoms with E-state index in [1.807, 2.05) is 12.1 Å². The van der Waals surface area contributed by atoms with E-state index in [4.69, 9.17) is 15.2 Å². The highest BCUT2D eigenvalue weighted by atomic mass is 16.5. The van der Waals surface area contributed by atoms with Gasteiger partial charge in [-0.05, 0) is 44.1 Å². The summed E-state index contributed by atoms with van der Waals surface area (Å²) in [5, 5.41) is 0. The molecule has 0 radical (unpaired) electrons. The molecule has 0 heterocycles. The summed E-state index contributed by atoms with van der Waals surface area (Å²) in [6.07, 6.45) is 0.894. The van der Waals surface area contributed by atoms with Gasteiger partial charge in [0, 0.05) is 12.1 Å². The van der Waals surface area contributed by atoms with E-state index in [1.165, 1.54) is 5.56 Å². The van der Waals surface area contributed by atoms with E-state index in [0.717, 1.165) is 31.0 Å². The van der Waals surface area contributed by atoms with Crippen LogP contribution in [0, 0.1) is 0 Å². The van der Waals surface area contributed by atoms with E-state index in [2.05, 4.69) is 31.7 Å². The molecular formula is C16H28N2O2. The minimum Gasteiger partial charge on any atom is -0.493 e. The number of nitrogens with two attached hydrogens (primary N) is 1. The van der Waals surface area contributed by atoms with Gasteiger partial charge < -0.3 is 15.2 Å². The van der Waals surface area contributed by atoms with Crippen molar-refractivity contribution < 1.29 is 9.47 Å². The lowest BCUT2D eigenvalue weighted by molar-refractivity contribution is 0.124. The third-order valence-corrected chi connectivity index (χ3v) is 4.00. The number of likely N-dealkylation sites (N-methyl/N-ethyl adjacent to an activating group) is 1. The SMILES string of the molecule is CCN(CC)C(C)(CN)Cc1ccc(OC)c(OC)c1. The summed E-state index contributed by atoms with van der Waals surface area (Å²) in [5.41, 5.74) is 7.21. The maximum atomic E-state index is 6.04. The molecular weight excluding hydrogens is 252 g/mol. The van der Waals surface area contributed by atoms with Gasteiger partial charge >= 0.3 is 0 Å². The van der Waals surface area contributed by atoms with Crippen molar-refractivity contribution in [1.29, 1.82) is 0 Å². The number of benzene rings is 1. The molecule has 1 rings (SSSR count). The van der Waals surface area contributed by atoms with Crippen LogP contribution in [0.15, 0.2) is 18.2 Å². The summed E-state index contributed by atoms with van der Waals surface area (Å²) in [5.74, 6) is 1.53. The van der Waals surface area contributed by atoms with Crippen LogP contribution in [0.2, 0.25) is 0 Å². The highest BCUT2D eigenvalue weighted by Crippen LogP contribution is 2.30. The van der Waals surface area contributed by atoms with Crippen LogP contribution in [0.5, 0.6) is 11.5 Å². The van der Waals surface area contributed by atoms with Gasteiger partial charge in [-0.25, -0.2) is 0 Å². The van der Waals surface area contributed by atoms with Crippen LogP contribution in [0.4, 0.5) is 0 Å². The van der Waals surface area contributed by atoms with Crippen molar-refractivity contribution in [1.82, 2.24) is 4.90 Å². The van der Waals surface area contributed by atoms with E-state index in [0.29, 0.717) is 6.54 Å². The van der Waals surface area contributed by atoms with Gasteiger partial charge in [-0.1, -0.05) is 19.9 Å². The Morgan fingerprint density at radius 1 is 1.10 bits per heavy atom. The van der Waals surface area contributed by atoms with E-state index < -0.39 is 0 Å². The van der Waals surface area contributed by atoms with Gasteiger partial charge in [0.05, 0.1) is 14.2 Å². The Kier molecular flexibility index (Phi) is 6.30. The van der Waals surface area contributed by atoms with Crippen LogP contribution in [-0.4, -0.2) is 44.3 Å². The lowest BCUT2D eigenvalue weighted by Crippen LogP contribution is -2.53. The van der Waals surface area contributed by atoms with Crippen molar-refractivity contribution in [2.45, 2.75) is 32.7 Å². The van der Waals surface area contributed by atoms with Crippen molar-refractivity contribution in [2.24, 2.45) is 5.73 Å². The summed E-state index contributed by atoms with van der Waals surface area (Å²) >= 11 is 0. The second-order valence-electron chi connectivity index (χ2n) is 5.24. The van der Waals surface area contributed by atoms with Crippen LogP contribution < -0.4 is 15.2 Å². The van der Waals surface area contributed by atoms with Gasteiger partial charge in [-0.3, -0.25) is 4.90 Å². The van der Waals surface area contributed by atoms with Crippen molar-refractivity contribution >= 4 is 0 Å². The van der Waals surface area contributed by atoms with Crippen LogP contribution in [0.3, 0.4) is 0 Å². The Hall–Kier alpha value is -1.26. The first kappa shape index (κ1) is 16.8. The Labute approximate surface area is 122 Å². The highest BCUT2D eigenvalue weighted by Gasteiger charge is 2.29. The van der Waals surface area contributed by atoms with Crippen molar-refractivity contribution in [3.05, 3.63) is 23.8 Å². The molecule has 20 heavy (non-hydrogen) atoms. The fourth-order valence-corrected chi connectivity index (χ4v) is 2.73. The Bertz CT molecular complexity index is 419. The van der Waals surface area contributed by atoms with Gasteiger partial charge in [0.2, 0.25) is 0 Å². The van der Waals surface area contributed by atoms with Crippen LogP contribution in [-0.2, 0) is 6.42 Å². The standard InChI is InChI=1S/C16H28N2O2/c1-6-18(7-2)16(3,12-17)11-13-8-9-14(19-4)15(10-13)20-5/h8-10H,6-7,11-12,17H2,1-5H3. The number of nitrogens with zero attached hydrogens (tertiary/aromatic N) is 1. The maximum absolute atomic E-state index is 6.04. The molecule has 114 valence electrons. The maximum Gasteiger partial charge on any atom is 0.160 e. The fraction of sp³-hybridized carbons (Fsp3) is 0.625. The Balaban J connectivity index is 3.00. The van der Waals surface area contributed by atoms with Gasteiger partial charge in [0.25, 0.3) is 0 Å². The summed E-state index contributed by atoms with van der Waals surface area (Å²) in [7, 11) is 3.31. The summed E-state index contributed by atoms with van der Waals surface area (Å²) in [6, 6.07) is 6.07. The first-order chi connectivity index (χ1) is 9.54. The average Bonchev–Trinajstić information content (AvgIpc) is 2.48. The lowest BCUT2D eigenvalue weighted by Gasteiger charge is -2.39. The minimum absolute atomic E-state index is 0.0386. The van der Waals surface area contributed by atoms with E-state index in [-0.39, 0.29) is 5.54 Å². The number of hydrogen-bond donors (Lipinski definition) is 1. The number of hydrogen-bond acceptors (Lipinski definition) is 4. The van der Waals surface area contributed by atoms with Gasteiger partial charge in [-0.15, -0.1) is 0 Å².